The van der Waals surface area contributed by atoms with Gasteiger partial charge in [0.25, 0.3) is 0 Å². The highest BCUT2D eigenvalue weighted by Gasteiger charge is 2.09. The molecule has 2 aromatic heterocycles. The van der Waals surface area contributed by atoms with Crippen LogP contribution in [0.5, 0.6) is 0 Å². The van der Waals surface area contributed by atoms with Crippen molar-refractivity contribution in [2.75, 3.05) is 5.73 Å². The second kappa shape index (κ2) is 4.23. The van der Waals surface area contributed by atoms with Crippen LogP contribution in [0.1, 0.15) is 0 Å². The van der Waals surface area contributed by atoms with Gasteiger partial charge in [-0.25, -0.2) is 0 Å². The lowest BCUT2D eigenvalue weighted by molar-refractivity contribution is 1.04. The number of nitrogen functional groups attached to an aromatic ring is 1. The Balaban J connectivity index is 2.35. The van der Waals surface area contributed by atoms with Crippen molar-refractivity contribution in [2.45, 2.75) is 0 Å². The van der Waals surface area contributed by atoms with Crippen molar-refractivity contribution in [1.82, 2.24) is 15.2 Å². The summed E-state index contributed by atoms with van der Waals surface area (Å²) in [4.78, 5) is 4.31. The lowest BCUT2D eigenvalue weighted by Gasteiger charge is -2.07. The molecule has 0 bridgehead atoms. The molecule has 0 saturated carbocycles. The number of nitrogens with two attached hydrogens (primary N) is 1. The molecule has 0 amide bonds. The van der Waals surface area contributed by atoms with E-state index >= 15 is 0 Å². The lowest BCUT2D eigenvalue weighted by atomic mass is 10.0. The zero-order chi connectivity index (χ0) is 12.5. The second-order valence-electron chi connectivity index (χ2n) is 3.84. The normalized spacial score (nSPS) is 10.7. The van der Waals surface area contributed by atoms with Gasteiger partial charge in [0.1, 0.15) is 0 Å². The first kappa shape index (κ1) is 10.9. The Morgan fingerprint density at radius 2 is 1.83 bits per heavy atom. The number of aromatic nitrogens is 3. The molecule has 3 aromatic rings. The van der Waals surface area contributed by atoms with Gasteiger partial charge in [-0.1, -0.05) is 29.8 Å². The van der Waals surface area contributed by atoms with Crippen LogP contribution in [0.3, 0.4) is 0 Å². The largest absolute Gasteiger partial charge is 0.382 e. The van der Waals surface area contributed by atoms with Crippen LogP contribution in [0, 0.1) is 0 Å². The third-order valence-electron chi connectivity index (χ3n) is 2.73. The summed E-state index contributed by atoms with van der Waals surface area (Å²) in [6, 6.07) is 11.5. The Bertz CT molecular complexity index is 722. The quantitative estimate of drug-likeness (QED) is 0.727. The van der Waals surface area contributed by atoms with Crippen LogP contribution in [0.15, 0.2) is 42.6 Å². The van der Waals surface area contributed by atoms with E-state index in [1.54, 1.807) is 12.3 Å². The highest BCUT2D eigenvalue weighted by Crippen LogP contribution is 2.31. The van der Waals surface area contributed by atoms with E-state index in [-0.39, 0.29) is 0 Å². The first-order valence-electron chi connectivity index (χ1n) is 5.38. The number of anilines is 1. The first-order valence-corrected chi connectivity index (χ1v) is 5.76. The molecule has 2 N–H and O–H groups in total. The monoisotopic (exact) mass is 256 g/mol. The number of benzene rings is 1. The number of hydrogen-bond donors (Lipinski definition) is 1. The van der Waals surface area contributed by atoms with Gasteiger partial charge in [-0.3, -0.25) is 4.98 Å². The molecule has 0 spiro atoms. The highest BCUT2D eigenvalue weighted by atomic mass is 35.5. The van der Waals surface area contributed by atoms with Crippen LogP contribution in [-0.4, -0.2) is 15.2 Å². The van der Waals surface area contributed by atoms with E-state index in [0.717, 1.165) is 22.0 Å². The molecule has 0 fully saturated rings. The van der Waals surface area contributed by atoms with Crippen molar-refractivity contribution in [1.29, 1.82) is 0 Å². The van der Waals surface area contributed by atoms with Crippen molar-refractivity contribution in [3.05, 3.63) is 47.7 Å². The smallest absolute Gasteiger partial charge is 0.154 e. The molecule has 0 atom stereocenters. The van der Waals surface area contributed by atoms with Crippen LogP contribution in [0.2, 0.25) is 5.15 Å². The van der Waals surface area contributed by atoms with E-state index in [4.69, 9.17) is 17.3 Å². The third kappa shape index (κ3) is 1.76. The summed E-state index contributed by atoms with van der Waals surface area (Å²) in [6.45, 7) is 0. The van der Waals surface area contributed by atoms with Crippen LogP contribution >= 0.6 is 11.6 Å². The topological polar surface area (TPSA) is 64.7 Å². The van der Waals surface area contributed by atoms with Crippen molar-refractivity contribution in [3.8, 4) is 11.1 Å². The molecule has 0 aliphatic rings. The van der Waals surface area contributed by atoms with Crippen LogP contribution < -0.4 is 5.73 Å². The van der Waals surface area contributed by atoms with E-state index in [1.165, 1.54) is 0 Å². The van der Waals surface area contributed by atoms with E-state index < -0.39 is 0 Å². The molecule has 2 heterocycles. The molecule has 4 nitrogen and oxygen atoms in total. The maximum atomic E-state index is 5.87. The van der Waals surface area contributed by atoms with Gasteiger partial charge in [0.05, 0.1) is 5.52 Å². The van der Waals surface area contributed by atoms with E-state index in [1.807, 2.05) is 30.3 Å². The zero-order valence-corrected chi connectivity index (χ0v) is 10.1. The maximum Gasteiger partial charge on any atom is 0.154 e. The van der Waals surface area contributed by atoms with Crippen molar-refractivity contribution in [3.63, 3.8) is 0 Å². The van der Waals surface area contributed by atoms with Crippen LogP contribution in [0.25, 0.3) is 22.0 Å². The lowest BCUT2D eigenvalue weighted by Crippen LogP contribution is -1.97. The van der Waals surface area contributed by atoms with Gasteiger partial charge in [0.15, 0.2) is 11.0 Å². The van der Waals surface area contributed by atoms with Crippen LogP contribution in [0.4, 0.5) is 5.82 Å². The molecule has 0 radical (unpaired) electrons. The molecule has 0 aliphatic carbocycles. The molecule has 0 aliphatic heterocycles. The minimum Gasteiger partial charge on any atom is -0.382 e. The molecule has 88 valence electrons. The number of nitrogens with zero attached hydrogens (tertiary/aromatic N) is 3. The van der Waals surface area contributed by atoms with Crippen molar-refractivity contribution in [2.24, 2.45) is 0 Å². The summed E-state index contributed by atoms with van der Waals surface area (Å²) in [5.41, 5.74) is 8.49. The van der Waals surface area contributed by atoms with E-state index in [9.17, 15) is 0 Å². The van der Waals surface area contributed by atoms with Gasteiger partial charge < -0.3 is 5.73 Å². The Kier molecular flexibility index (Phi) is 2.57. The first-order chi connectivity index (χ1) is 8.75. The molecular weight excluding hydrogens is 248 g/mol. The highest BCUT2D eigenvalue weighted by molar-refractivity contribution is 6.29. The molecule has 5 heteroatoms. The summed E-state index contributed by atoms with van der Waals surface area (Å²) in [5, 5.41) is 8.89. The number of fused-ring (bicyclic) bond motifs is 1. The number of para-hydroxylation sites is 1. The van der Waals surface area contributed by atoms with Crippen molar-refractivity contribution >= 4 is 28.3 Å². The second-order valence-corrected chi connectivity index (χ2v) is 4.23. The Morgan fingerprint density at radius 3 is 2.72 bits per heavy atom. The van der Waals surface area contributed by atoms with E-state index in [2.05, 4.69) is 15.2 Å². The number of rotatable bonds is 1. The summed E-state index contributed by atoms with van der Waals surface area (Å²) >= 11 is 5.87. The molecular formula is C13H9ClN4. The van der Waals surface area contributed by atoms with E-state index in [0.29, 0.717) is 11.0 Å². The minimum absolute atomic E-state index is 0.320. The SMILES string of the molecule is Nc1nnc(Cl)cc1-c1ccnc2ccccc12. The predicted octanol–water partition coefficient (Wildman–Crippen LogP) is 2.93. The molecule has 0 unspecified atom stereocenters. The van der Waals surface area contributed by atoms with Gasteiger partial charge in [-0.15, -0.1) is 10.2 Å². The average molecular weight is 257 g/mol. The average Bonchev–Trinajstić information content (AvgIpc) is 2.41. The number of pyridine rings is 1. The standard InChI is InChI=1S/C13H9ClN4/c14-12-7-10(13(15)18-17-12)8-5-6-16-11-4-2-1-3-9(8)11/h1-7H,(H2,15,18). The minimum atomic E-state index is 0.320. The predicted molar refractivity (Wildman–Crippen MR) is 72.2 cm³/mol. The number of halogens is 1. The zero-order valence-electron chi connectivity index (χ0n) is 9.34. The molecule has 0 saturated heterocycles. The third-order valence-corrected chi connectivity index (χ3v) is 2.92. The fourth-order valence-corrected chi connectivity index (χ4v) is 2.07. The van der Waals surface area contributed by atoms with Crippen molar-refractivity contribution < 1.29 is 0 Å². The summed E-state index contributed by atoms with van der Waals surface area (Å²) in [5.74, 6) is 0.357. The van der Waals surface area contributed by atoms with Gasteiger partial charge in [-0.2, -0.15) is 0 Å². The van der Waals surface area contributed by atoms with Gasteiger partial charge in [0.2, 0.25) is 0 Å². The molecule has 1 aromatic carbocycles. The summed E-state index contributed by atoms with van der Waals surface area (Å²) in [7, 11) is 0. The summed E-state index contributed by atoms with van der Waals surface area (Å²) < 4.78 is 0. The Labute approximate surface area is 108 Å². The fourth-order valence-electron chi connectivity index (χ4n) is 1.92. The molecule has 3 rings (SSSR count). The van der Waals surface area contributed by atoms with Gasteiger partial charge >= 0.3 is 0 Å². The molecule has 18 heavy (non-hydrogen) atoms. The number of hydrogen-bond acceptors (Lipinski definition) is 4. The Hall–Kier alpha value is -2.20. The van der Waals surface area contributed by atoms with Gasteiger partial charge in [-0.05, 0) is 23.8 Å². The Morgan fingerprint density at radius 1 is 1.00 bits per heavy atom. The van der Waals surface area contributed by atoms with Gasteiger partial charge in [0, 0.05) is 17.1 Å². The summed E-state index contributed by atoms with van der Waals surface area (Å²) in [6.07, 6.45) is 1.74. The maximum absolute atomic E-state index is 5.87. The van der Waals surface area contributed by atoms with Crippen LogP contribution in [-0.2, 0) is 0 Å². The fraction of sp³-hybridized carbons (Fsp3) is 0.